The number of aryl methyl sites for hydroxylation is 1. The molecule has 140 valence electrons. The first kappa shape index (κ1) is 17.8. The van der Waals surface area contributed by atoms with Crippen LogP contribution in [0.1, 0.15) is 40.0 Å². The van der Waals surface area contributed by atoms with E-state index >= 15 is 0 Å². The topological polar surface area (TPSA) is 97.4 Å². The summed E-state index contributed by atoms with van der Waals surface area (Å²) in [7, 11) is 0. The van der Waals surface area contributed by atoms with Crippen LogP contribution in [-0.4, -0.2) is 31.0 Å². The smallest absolute Gasteiger partial charge is 0.294 e. The molecule has 0 spiro atoms. The molecule has 0 bridgehead atoms. The number of alkyl halides is 3. The van der Waals surface area contributed by atoms with Crippen molar-refractivity contribution in [1.82, 2.24) is 25.2 Å². The molecule has 1 aromatic carbocycles. The Morgan fingerprint density at radius 1 is 1.14 bits per heavy atom. The number of hydrogen-bond acceptors (Lipinski definition) is 6. The van der Waals surface area contributed by atoms with Crippen molar-refractivity contribution in [3.63, 3.8) is 0 Å². The molecular weight excluding hydrogens is 373 g/mol. The lowest BCUT2D eigenvalue weighted by molar-refractivity contribution is -0.137. The van der Waals surface area contributed by atoms with Crippen molar-refractivity contribution < 1.29 is 18.0 Å². The molecule has 0 unspecified atom stereocenters. The minimum absolute atomic E-state index is 0.0323. The number of rotatable bonds is 2. The lowest BCUT2D eigenvalue weighted by Crippen LogP contribution is -2.12. The number of aromatic nitrogens is 5. The number of nitrogens with zero attached hydrogens (tertiary/aromatic N) is 6. The van der Waals surface area contributed by atoms with Crippen molar-refractivity contribution in [2.45, 2.75) is 25.4 Å². The normalized spacial score (nSPS) is 13.9. The van der Waals surface area contributed by atoms with Crippen LogP contribution in [0.5, 0.6) is 0 Å². The van der Waals surface area contributed by atoms with E-state index in [2.05, 4.69) is 20.4 Å². The SMILES string of the molecule is N#Cc1cc(-n2nnc(-c3ccc4c(n3)CCCC4=O)n2)cc(C(F)(F)F)c1. The number of hydrogen-bond donors (Lipinski definition) is 0. The Bertz CT molecular complexity index is 1130. The maximum absolute atomic E-state index is 13.0. The van der Waals surface area contributed by atoms with Crippen LogP contribution in [-0.2, 0) is 12.6 Å². The second-order valence-corrected chi connectivity index (χ2v) is 6.25. The van der Waals surface area contributed by atoms with Crippen molar-refractivity contribution in [3.05, 3.63) is 52.7 Å². The standard InChI is InChI=1S/C18H11F3N6O/c19-18(20,21)11-6-10(9-22)7-12(8-11)27-25-17(24-26-27)15-5-4-13-14(23-15)2-1-3-16(13)28/h4-8H,1-3H2. The van der Waals surface area contributed by atoms with Crippen molar-refractivity contribution in [3.8, 4) is 23.3 Å². The third-order valence-electron chi connectivity index (χ3n) is 4.34. The largest absolute Gasteiger partial charge is 0.416 e. The fourth-order valence-electron chi connectivity index (χ4n) is 3.00. The molecule has 0 radical (unpaired) electrons. The Balaban J connectivity index is 1.73. The number of pyridine rings is 1. The zero-order valence-electron chi connectivity index (χ0n) is 14.2. The molecule has 0 atom stereocenters. The summed E-state index contributed by atoms with van der Waals surface area (Å²) in [6.07, 6.45) is -2.76. The lowest BCUT2D eigenvalue weighted by atomic mass is 9.94. The summed E-state index contributed by atoms with van der Waals surface area (Å²) in [5.74, 6) is 0.140. The summed E-state index contributed by atoms with van der Waals surface area (Å²) in [4.78, 5) is 17.2. The molecular formula is C18H11F3N6O. The first-order valence-electron chi connectivity index (χ1n) is 8.31. The molecule has 0 aliphatic heterocycles. The molecule has 1 aliphatic rings. The molecule has 2 aromatic heterocycles. The molecule has 1 aliphatic carbocycles. The van der Waals surface area contributed by atoms with Crippen LogP contribution in [0, 0.1) is 11.3 Å². The second-order valence-electron chi connectivity index (χ2n) is 6.25. The predicted octanol–water partition coefficient (Wildman–Crippen LogP) is 3.13. The van der Waals surface area contributed by atoms with Crippen LogP contribution >= 0.6 is 0 Å². The van der Waals surface area contributed by atoms with Gasteiger partial charge in [-0.1, -0.05) is 0 Å². The Hall–Kier alpha value is -3.61. The number of fused-ring (bicyclic) bond motifs is 1. The minimum atomic E-state index is -4.61. The molecule has 0 saturated heterocycles. The molecule has 7 nitrogen and oxygen atoms in total. The number of benzene rings is 1. The zero-order chi connectivity index (χ0) is 19.9. The van der Waals surface area contributed by atoms with Gasteiger partial charge in [-0.3, -0.25) is 4.79 Å². The van der Waals surface area contributed by atoms with Gasteiger partial charge in [0.1, 0.15) is 5.69 Å². The van der Waals surface area contributed by atoms with E-state index in [0.717, 1.165) is 16.9 Å². The number of ketones is 1. The van der Waals surface area contributed by atoms with E-state index in [-0.39, 0.29) is 22.9 Å². The van der Waals surface area contributed by atoms with Gasteiger partial charge >= 0.3 is 6.18 Å². The van der Waals surface area contributed by atoms with Crippen LogP contribution in [0.25, 0.3) is 17.2 Å². The predicted molar refractivity (Wildman–Crippen MR) is 89.4 cm³/mol. The molecule has 3 aromatic rings. The number of tetrazole rings is 1. The Morgan fingerprint density at radius 3 is 2.71 bits per heavy atom. The van der Waals surface area contributed by atoms with Gasteiger partial charge in [0.25, 0.3) is 0 Å². The van der Waals surface area contributed by atoms with Gasteiger partial charge in [0.2, 0.25) is 5.82 Å². The van der Waals surface area contributed by atoms with E-state index in [1.165, 1.54) is 6.07 Å². The van der Waals surface area contributed by atoms with Crippen LogP contribution in [0.15, 0.2) is 30.3 Å². The summed E-state index contributed by atoms with van der Waals surface area (Å²) in [5, 5.41) is 20.7. The second kappa shape index (κ2) is 6.53. The van der Waals surface area contributed by atoms with E-state index in [0.29, 0.717) is 36.2 Å². The Kier molecular flexibility index (Phi) is 4.15. The van der Waals surface area contributed by atoms with Gasteiger partial charge in [0.15, 0.2) is 5.78 Å². The zero-order valence-corrected chi connectivity index (χ0v) is 14.2. The number of carbonyl (C=O) groups is 1. The number of nitriles is 1. The number of halogens is 3. The van der Waals surface area contributed by atoms with Crippen molar-refractivity contribution >= 4 is 5.78 Å². The number of Topliss-reactive ketones (excluding diaryl/α,β-unsaturated/α-hetero) is 1. The monoisotopic (exact) mass is 384 g/mol. The molecule has 0 amide bonds. The maximum Gasteiger partial charge on any atom is 0.416 e. The van der Waals surface area contributed by atoms with E-state index in [1.807, 2.05) is 0 Å². The lowest BCUT2D eigenvalue weighted by Gasteiger charge is -2.13. The van der Waals surface area contributed by atoms with Crippen molar-refractivity contribution in [2.24, 2.45) is 0 Å². The molecule has 2 heterocycles. The summed E-state index contributed by atoms with van der Waals surface area (Å²) in [5.41, 5.74) is 0.389. The van der Waals surface area contributed by atoms with E-state index in [1.54, 1.807) is 18.2 Å². The third-order valence-corrected chi connectivity index (χ3v) is 4.34. The van der Waals surface area contributed by atoms with Crippen molar-refractivity contribution in [2.75, 3.05) is 0 Å². The summed E-state index contributed by atoms with van der Waals surface area (Å²) >= 11 is 0. The molecule has 4 rings (SSSR count). The Morgan fingerprint density at radius 2 is 1.96 bits per heavy atom. The molecule has 0 N–H and O–H groups in total. The first-order chi connectivity index (χ1) is 13.3. The average Bonchev–Trinajstić information content (AvgIpc) is 3.17. The van der Waals surface area contributed by atoms with E-state index < -0.39 is 11.7 Å². The van der Waals surface area contributed by atoms with Gasteiger partial charge in [0.05, 0.1) is 28.6 Å². The van der Waals surface area contributed by atoms with Gasteiger partial charge in [-0.25, -0.2) is 4.98 Å². The van der Waals surface area contributed by atoms with Crippen LogP contribution < -0.4 is 0 Å². The quantitative estimate of drug-likeness (QED) is 0.673. The highest BCUT2D eigenvalue weighted by molar-refractivity contribution is 5.98. The molecule has 10 heteroatoms. The summed E-state index contributed by atoms with van der Waals surface area (Å²) < 4.78 is 39.1. The highest BCUT2D eigenvalue weighted by atomic mass is 19.4. The average molecular weight is 384 g/mol. The van der Waals surface area contributed by atoms with Gasteiger partial charge in [-0.2, -0.15) is 18.4 Å². The van der Waals surface area contributed by atoms with Crippen LogP contribution in [0.2, 0.25) is 0 Å². The fourth-order valence-corrected chi connectivity index (χ4v) is 3.00. The van der Waals surface area contributed by atoms with Gasteiger partial charge < -0.3 is 0 Å². The maximum atomic E-state index is 13.0. The molecule has 0 fully saturated rings. The van der Waals surface area contributed by atoms with Crippen LogP contribution in [0.4, 0.5) is 13.2 Å². The fraction of sp³-hybridized carbons (Fsp3) is 0.222. The van der Waals surface area contributed by atoms with Crippen LogP contribution in [0.3, 0.4) is 0 Å². The van der Waals surface area contributed by atoms with E-state index in [4.69, 9.17) is 5.26 Å². The molecule has 0 saturated carbocycles. The molecule has 28 heavy (non-hydrogen) atoms. The van der Waals surface area contributed by atoms with Gasteiger partial charge in [-0.05, 0) is 48.4 Å². The highest BCUT2D eigenvalue weighted by Crippen LogP contribution is 2.31. The first-order valence-corrected chi connectivity index (χ1v) is 8.31. The van der Waals surface area contributed by atoms with Gasteiger partial charge in [0, 0.05) is 12.0 Å². The minimum Gasteiger partial charge on any atom is -0.294 e. The highest BCUT2D eigenvalue weighted by Gasteiger charge is 2.31. The Labute approximate surface area is 156 Å². The van der Waals surface area contributed by atoms with Crippen molar-refractivity contribution in [1.29, 1.82) is 5.26 Å². The van der Waals surface area contributed by atoms with E-state index in [9.17, 15) is 18.0 Å². The summed E-state index contributed by atoms with van der Waals surface area (Å²) in [6.45, 7) is 0. The third kappa shape index (κ3) is 3.22. The van der Waals surface area contributed by atoms with Gasteiger partial charge in [-0.15, -0.1) is 15.0 Å². The number of carbonyl (C=O) groups excluding carboxylic acids is 1. The summed E-state index contributed by atoms with van der Waals surface area (Å²) in [6, 6.07) is 7.75.